The molecule has 21 heavy (non-hydrogen) atoms. The van der Waals surface area contributed by atoms with Gasteiger partial charge in [-0.15, -0.1) is 0 Å². The van der Waals surface area contributed by atoms with Crippen molar-refractivity contribution in [1.82, 2.24) is 10.0 Å². The number of carbonyl (C=O) groups excluding carboxylic acids is 1. The summed E-state index contributed by atoms with van der Waals surface area (Å²) in [6, 6.07) is 1.23. The molecule has 9 nitrogen and oxygen atoms in total. The summed E-state index contributed by atoms with van der Waals surface area (Å²) in [5.74, 6) is -1.68. The Morgan fingerprint density at radius 2 is 2.05 bits per heavy atom. The zero-order chi connectivity index (χ0) is 16.2. The lowest BCUT2D eigenvalue weighted by Gasteiger charge is -2.10. The van der Waals surface area contributed by atoms with E-state index < -0.39 is 37.0 Å². The van der Waals surface area contributed by atoms with Crippen molar-refractivity contribution >= 4 is 27.3 Å². The normalized spacial score (nSPS) is 11.1. The number of nitro benzene ring substituents is 1. The maximum atomic E-state index is 13.7. The van der Waals surface area contributed by atoms with E-state index in [0.29, 0.717) is 6.07 Å². The lowest BCUT2D eigenvalue weighted by Crippen LogP contribution is -2.34. The highest BCUT2D eigenvalue weighted by Gasteiger charge is 2.25. The second-order valence-electron chi connectivity index (χ2n) is 3.98. The van der Waals surface area contributed by atoms with Crippen LogP contribution in [0, 0.1) is 15.9 Å². The fourth-order valence-electron chi connectivity index (χ4n) is 1.48. The van der Waals surface area contributed by atoms with Gasteiger partial charge in [-0.2, -0.15) is 0 Å². The molecule has 0 spiro atoms. The zero-order valence-electron chi connectivity index (χ0n) is 10.9. The van der Waals surface area contributed by atoms with E-state index in [1.54, 1.807) is 0 Å². The van der Waals surface area contributed by atoms with Gasteiger partial charge in [0, 0.05) is 26.1 Å². The van der Waals surface area contributed by atoms with Crippen molar-refractivity contribution in [3.05, 3.63) is 28.1 Å². The smallest absolute Gasteiger partial charge is 0.274 e. The first kappa shape index (κ1) is 16.8. The van der Waals surface area contributed by atoms with Gasteiger partial charge in [0.15, 0.2) is 5.82 Å². The van der Waals surface area contributed by atoms with Gasteiger partial charge in [0.25, 0.3) is 5.69 Å². The van der Waals surface area contributed by atoms with Crippen LogP contribution in [0.5, 0.6) is 0 Å². The number of benzene rings is 1. The van der Waals surface area contributed by atoms with Gasteiger partial charge in [0.05, 0.1) is 16.7 Å². The molecule has 0 radical (unpaired) electrons. The van der Waals surface area contributed by atoms with E-state index in [4.69, 9.17) is 5.73 Å². The first-order chi connectivity index (χ1) is 9.65. The molecule has 1 amide bonds. The summed E-state index contributed by atoms with van der Waals surface area (Å²) in [6.45, 7) is 1.07. The SMILES string of the molecule is CC(=O)NCCNS(=O)(=O)c1c(N)cc([N+](=O)[O-])cc1F. The molecular weight excluding hydrogens is 307 g/mol. The number of hydrogen-bond acceptors (Lipinski definition) is 6. The second kappa shape index (κ2) is 6.45. The Morgan fingerprint density at radius 1 is 1.43 bits per heavy atom. The van der Waals surface area contributed by atoms with Crippen LogP contribution < -0.4 is 15.8 Å². The number of nitrogen functional groups attached to an aromatic ring is 1. The predicted molar refractivity (Wildman–Crippen MR) is 71.3 cm³/mol. The van der Waals surface area contributed by atoms with Crippen LogP contribution in [0.15, 0.2) is 17.0 Å². The molecule has 0 heterocycles. The molecule has 0 aromatic heterocycles. The third kappa shape index (κ3) is 4.36. The highest BCUT2D eigenvalue weighted by atomic mass is 32.2. The first-order valence-corrected chi connectivity index (χ1v) is 7.11. The Hall–Kier alpha value is -2.27. The number of rotatable bonds is 6. The average Bonchev–Trinajstić information content (AvgIpc) is 2.33. The van der Waals surface area contributed by atoms with Gasteiger partial charge in [-0.1, -0.05) is 0 Å². The molecule has 1 aromatic rings. The molecule has 0 saturated carbocycles. The van der Waals surface area contributed by atoms with Crippen LogP contribution in [0.25, 0.3) is 0 Å². The minimum Gasteiger partial charge on any atom is -0.397 e. The van der Waals surface area contributed by atoms with Gasteiger partial charge in [-0.25, -0.2) is 17.5 Å². The van der Waals surface area contributed by atoms with Crippen molar-refractivity contribution in [2.75, 3.05) is 18.8 Å². The quantitative estimate of drug-likeness (QED) is 0.285. The second-order valence-corrected chi connectivity index (χ2v) is 5.69. The molecular formula is C10H13FN4O5S. The van der Waals surface area contributed by atoms with Gasteiger partial charge >= 0.3 is 0 Å². The molecule has 0 atom stereocenters. The number of halogens is 1. The van der Waals surface area contributed by atoms with Gasteiger partial charge in [-0.05, 0) is 0 Å². The molecule has 0 saturated heterocycles. The number of non-ortho nitro benzene ring substituents is 1. The van der Waals surface area contributed by atoms with Crippen molar-refractivity contribution < 1.29 is 22.5 Å². The number of nitro groups is 1. The van der Waals surface area contributed by atoms with E-state index in [0.717, 1.165) is 6.07 Å². The number of nitrogens with zero attached hydrogens (tertiary/aromatic N) is 1. The number of anilines is 1. The van der Waals surface area contributed by atoms with E-state index in [9.17, 15) is 27.7 Å². The summed E-state index contributed by atoms with van der Waals surface area (Å²) in [7, 11) is -4.29. The van der Waals surface area contributed by atoms with Crippen LogP contribution in [0.3, 0.4) is 0 Å². The Morgan fingerprint density at radius 3 is 2.52 bits per heavy atom. The van der Waals surface area contributed by atoms with Crippen LogP contribution in [0.4, 0.5) is 15.8 Å². The van der Waals surface area contributed by atoms with Crippen molar-refractivity contribution in [1.29, 1.82) is 0 Å². The molecule has 116 valence electrons. The molecule has 0 fully saturated rings. The number of nitrogens with two attached hydrogens (primary N) is 1. The summed E-state index contributed by atoms with van der Waals surface area (Å²) in [4.78, 5) is 19.4. The van der Waals surface area contributed by atoms with Gasteiger partial charge in [0.1, 0.15) is 4.90 Å². The van der Waals surface area contributed by atoms with Gasteiger partial charge < -0.3 is 11.1 Å². The van der Waals surface area contributed by atoms with Crippen LogP contribution >= 0.6 is 0 Å². The predicted octanol–water partition coefficient (Wildman–Crippen LogP) is -0.269. The molecule has 1 rings (SSSR count). The minimum atomic E-state index is -4.29. The topological polar surface area (TPSA) is 144 Å². The van der Waals surface area contributed by atoms with Crippen LogP contribution in [-0.2, 0) is 14.8 Å². The molecule has 4 N–H and O–H groups in total. The standard InChI is InChI=1S/C10H13FN4O5S/c1-6(16)13-2-3-14-21(19,20)10-8(11)4-7(15(17)18)5-9(10)12/h4-5,14H,2-3,12H2,1H3,(H,13,16). The first-order valence-electron chi connectivity index (χ1n) is 5.62. The van der Waals surface area contributed by atoms with E-state index in [2.05, 4.69) is 5.32 Å². The molecule has 0 aliphatic carbocycles. The van der Waals surface area contributed by atoms with Crippen molar-refractivity contribution in [2.24, 2.45) is 0 Å². The number of sulfonamides is 1. The number of carbonyl (C=O) groups is 1. The Kier molecular flexibility index (Phi) is 5.16. The van der Waals surface area contributed by atoms with E-state index in [-0.39, 0.29) is 19.0 Å². The fraction of sp³-hybridized carbons (Fsp3) is 0.300. The maximum Gasteiger partial charge on any atom is 0.274 e. The van der Waals surface area contributed by atoms with Crippen molar-refractivity contribution in [3.8, 4) is 0 Å². The fourth-order valence-corrected chi connectivity index (χ4v) is 2.68. The Bertz CT molecular complexity index is 653. The van der Waals surface area contributed by atoms with E-state index in [1.807, 2.05) is 4.72 Å². The minimum absolute atomic E-state index is 0.00304. The van der Waals surface area contributed by atoms with E-state index >= 15 is 0 Å². The van der Waals surface area contributed by atoms with Crippen LogP contribution in [0.2, 0.25) is 0 Å². The number of amides is 1. The summed E-state index contributed by atoms with van der Waals surface area (Å²) in [5, 5.41) is 12.9. The zero-order valence-corrected chi connectivity index (χ0v) is 11.7. The largest absolute Gasteiger partial charge is 0.397 e. The lowest BCUT2D eigenvalue weighted by atomic mass is 10.3. The monoisotopic (exact) mass is 320 g/mol. The summed E-state index contributed by atoms with van der Waals surface area (Å²) in [6.07, 6.45) is 0. The van der Waals surface area contributed by atoms with Gasteiger partial charge in [0.2, 0.25) is 15.9 Å². The lowest BCUT2D eigenvalue weighted by molar-refractivity contribution is -0.385. The number of nitrogens with one attached hydrogen (secondary N) is 2. The summed E-state index contributed by atoms with van der Waals surface area (Å²) in [5.41, 5.74) is 4.14. The highest BCUT2D eigenvalue weighted by molar-refractivity contribution is 7.89. The molecule has 0 aliphatic rings. The maximum absolute atomic E-state index is 13.7. The molecule has 11 heteroatoms. The molecule has 0 aliphatic heterocycles. The summed E-state index contributed by atoms with van der Waals surface area (Å²) >= 11 is 0. The molecule has 0 bridgehead atoms. The van der Waals surface area contributed by atoms with E-state index in [1.165, 1.54) is 6.92 Å². The van der Waals surface area contributed by atoms with Gasteiger partial charge in [-0.3, -0.25) is 14.9 Å². The molecule has 0 unspecified atom stereocenters. The summed E-state index contributed by atoms with van der Waals surface area (Å²) < 4.78 is 39.5. The Labute approximate surface area is 119 Å². The van der Waals surface area contributed by atoms with Crippen molar-refractivity contribution in [2.45, 2.75) is 11.8 Å². The Balaban J connectivity index is 2.98. The van der Waals surface area contributed by atoms with Crippen LogP contribution in [-0.4, -0.2) is 32.3 Å². The highest BCUT2D eigenvalue weighted by Crippen LogP contribution is 2.27. The third-order valence-electron chi connectivity index (χ3n) is 2.33. The number of hydrogen-bond donors (Lipinski definition) is 3. The third-order valence-corrected chi connectivity index (χ3v) is 3.88. The molecule has 1 aromatic carbocycles. The van der Waals surface area contributed by atoms with Crippen molar-refractivity contribution in [3.63, 3.8) is 0 Å². The van der Waals surface area contributed by atoms with Crippen LogP contribution in [0.1, 0.15) is 6.92 Å². The average molecular weight is 320 g/mol.